The molecule has 1 aromatic heterocycles. The fraction of sp³-hybridized carbons (Fsp3) is 0.192. The predicted molar refractivity (Wildman–Crippen MR) is 135 cm³/mol. The molecule has 6 rings (SSSR count). The number of carbonyl (C=O) groups is 2. The summed E-state index contributed by atoms with van der Waals surface area (Å²) in [7, 11) is 0. The summed E-state index contributed by atoms with van der Waals surface area (Å²) in [5.41, 5.74) is 4.81. The number of amides is 2. The van der Waals surface area contributed by atoms with E-state index in [9.17, 15) is 9.59 Å². The van der Waals surface area contributed by atoms with Crippen LogP contribution in [0.2, 0.25) is 0 Å². The van der Waals surface area contributed by atoms with Gasteiger partial charge >= 0.3 is 0 Å². The van der Waals surface area contributed by atoms with Gasteiger partial charge in [0.25, 0.3) is 11.8 Å². The number of imide groups is 1. The maximum absolute atomic E-state index is 13.3. The summed E-state index contributed by atoms with van der Waals surface area (Å²) in [5.74, 6) is -0.0637. The summed E-state index contributed by atoms with van der Waals surface area (Å²) in [6.45, 7) is 2.87. The van der Waals surface area contributed by atoms with E-state index in [1.807, 2.05) is 47.4 Å². The highest BCUT2D eigenvalue weighted by atomic mass is 16.5. The minimum absolute atomic E-state index is 0.0929. The highest BCUT2D eigenvalue weighted by molar-refractivity contribution is 6.25. The predicted octanol–water partition coefficient (Wildman–Crippen LogP) is 3.10. The quantitative estimate of drug-likeness (QED) is 0.401. The third kappa shape index (κ3) is 4.07. The first kappa shape index (κ1) is 21.9. The normalized spacial score (nSPS) is 15.3. The number of hydrogen-bond acceptors (Lipinski definition) is 9. The number of hydrazine groups is 1. The number of nitrogens with one attached hydrogen (secondary N) is 2. The second kappa shape index (κ2) is 9.23. The molecule has 1 fully saturated rings. The molecule has 3 aromatic carbocycles. The topological polar surface area (TPSA) is 113 Å². The molecule has 2 amide bonds. The van der Waals surface area contributed by atoms with Crippen molar-refractivity contribution in [2.45, 2.75) is 6.54 Å². The van der Waals surface area contributed by atoms with E-state index in [-0.39, 0.29) is 5.95 Å². The molecule has 3 heterocycles. The zero-order valence-corrected chi connectivity index (χ0v) is 19.3. The molecule has 0 atom stereocenters. The van der Waals surface area contributed by atoms with E-state index >= 15 is 0 Å². The SMILES string of the molecule is O=C1c2cccc3cccc(c23)C(=O)N1Nc1nc(NCc2ccccc2)nc(N2CCOCC2)n1. The number of nitrogens with zero attached hydrogens (tertiary/aromatic N) is 5. The van der Waals surface area contributed by atoms with Gasteiger partial charge in [-0.2, -0.15) is 20.0 Å². The van der Waals surface area contributed by atoms with Crippen LogP contribution in [0.5, 0.6) is 0 Å². The molecule has 10 heteroatoms. The first-order valence-corrected chi connectivity index (χ1v) is 11.7. The van der Waals surface area contributed by atoms with Gasteiger partial charge in [-0.3, -0.25) is 15.0 Å². The molecule has 2 N–H and O–H groups in total. The van der Waals surface area contributed by atoms with Gasteiger partial charge < -0.3 is 15.0 Å². The van der Waals surface area contributed by atoms with Crippen LogP contribution < -0.4 is 15.6 Å². The molecule has 0 radical (unpaired) electrons. The third-order valence-corrected chi connectivity index (χ3v) is 6.19. The minimum Gasteiger partial charge on any atom is -0.378 e. The number of benzene rings is 3. The summed E-state index contributed by atoms with van der Waals surface area (Å²) in [4.78, 5) is 42.2. The molecule has 2 aliphatic rings. The van der Waals surface area contributed by atoms with E-state index in [0.717, 1.165) is 16.0 Å². The summed E-state index contributed by atoms with van der Waals surface area (Å²) in [6.07, 6.45) is 0. The monoisotopic (exact) mass is 481 g/mol. The molecular weight excluding hydrogens is 458 g/mol. The van der Waals surface area contributed by atoms with Crippen molar-refractivity contribution < 1.29 is 14.3 Å². The van der Waals surface area contributed by atoms with E-state index < -0.39 is 11.8 Å². The molecule has 0 spiro atoms. The Morgan fingerprint density at radius 2 is 1.44 bits per heavy atom. The molecule has 10 nitrogen and oxygen atoms in total. The van der Waals surface area contributed by atoms with Crippen LogP contribution in [0, 0.1) is 0 Å². The highest BCUT2D eigenvalue weighted by Gasteiger charge is 2.34. The number of ether oxygens (including phenoxy) is 1. The van der Waals surface area contributed by atoms with Gasteiger partial charge in [-0.1, -0.05) is 54.6 Å². The number of carbonyl (C=O) groups excluding carboxylic acids is 2. The Balaban J connectivity index is 1.33. The maximum Gasteiger partial charge on any atom is 0.280 e. The Morgan fingerprint density at radius 3 is 2.14 bits per heavy atom. The van der Waals surface area contributed by atoms with Crippen LogP contribution in [-0.4, -0.2) is 58.1 Å². The van der Waals surface area contributed by atoms with E-state index in [4.69, 9.17) is 4.74 Å². The van der Waals surface area contributed by atoms with E-state index in [0.29, 0.717) is 61.3 Å². The van der Waals surface area contributed by atoms with Crippen molar-refractivity contribution in [1.82, 2.24) is 20.0 Å². The Bertz CT molecular complexity index is 1400. The van der Waals surface area contributed by atoms with Crippen LogP contribution in [0.3, 0.4) is 0 Å². The fourth-order valence-electron chi connectivity index (χ4n) is 4.41. The van der Waals surface area contributed by atoms with Crippen LogP contribution in [0.15, 0.2) is 66.7 Å². The van der Waals surface area contributed by atoms with Crippen molar-refractivity contribution in [2.24, 2.45) is 0 Å². The van der Waals surface area contributed by atoms with Gasteiger partial charge in [-0.15, -0.1) is 0 Å². The van der Waals surface area contributed by atoms with Gasteiger partial charge in [0.15, 0.2) is 0 Å². The zero-order chi connectivity index (χ0) is 24.5. The molecule has 180 valence electrons. The Kier molecular flexibility index (Phi) is 5.62. The fourth-order valence-corrected chi connectivity index (χ4v) is 4.41. The number of morpholine rings is 1. The van der Waals surface area contributed by atoms with Crippen LogP contribution in [0.4, 0.5) is 17.8 Å². The van der Waals surface area contributed by atoms with Gasteiger partial charge in [0.2, 0.25) is 17.8 Å². The van der Waals surface area contributed by atoms with E-state index in [1.165, 1.54) is 0 Å². The van der Waals surface area contributed by atoms with Crippen molar-refractivity contribution in [3.8, 4) is 0 Å². The molecule has 0 aliphatic carbocycles. The number of anilines is 3. The zero-order valence-electron chi connectivity index (χ0n) is 19.3. The van der Waals surface area contributed by atoms with Gasteiger partial charge in [0.1, 0.15) is 0 Å². The molecular formula is C26H23N7O3. The Hall–Kier alpha value is -4.57. The Labute approximate surface area is 206 Å². The smallest absolute Gasteiger partial charge is 0.280 e. The lowest BCUT2D eigenvalue weighted by Gasteiger charge is -2.29. The lowest BCUT2D eigenvalue weighted by atomic mass is 9.95. The van der Waals surface area contributed by atoms with Gasteiger partial charge in [-0.25, -0.2) is 0 Å². The van der Waals surface area contributed by atoms with Gasteiger partial charge in [-0.05, 0) is 23.1 Å². The van der Waals surface area contributed by atoms with E-state index in [2.05, 4.69) is 25.7 Å². The molecule has 0 saturated carbocycles. The van der Waals surface area contributed by atoms with Crippen molar-refractivity contribution in [3.63, 3.8) is 0 Å². The number of rotatable bonds is 6. The highest BCUT2D eigenvalue weighted by Crippen LogP contribution is 2.30. The molecule has 4 aromatic rings. The third-order valence-electron chi connectivity index (χ3n) is 6.19. The van der Waals surface area contributed by atoms with Crippen molar-refractivity contribution in [2.75, 3.05) is 41.9 Å². The number of aromatic nitrogens is 3. The average molecular weight is 482 g/mol. The van der Waals surface area contributed by atoms with Crippen LogP contribution in [-0.2, 0) is 11.3 Å². The Morgan fingerprint density at radius 1 is 0.778 bits per heavy atom. The van der Waals surface area contributed by atoms with E-state index in [1.54, 1.807) is 24.3 Å². The average Bonchev–Trinajstić information content (AvgIpc) is 2.94. The van der Waals surface area contributed by atoms with Crippen molar-refractivity contribution in [3.05, 3.63) is 83.4 Å². The first-order chi connectivity index (χ1) is 17.7. The maximum atomic E-state index is 13.3. The molecule has 2 aliphatic heterocycles. The second-order valence-electron chi connectivity index (χ2n) is 8.49. The van der Waals surface area contributed by atoms with Crippen molar-refractivity contribution >= 4 is 40.4 Å². The first-order valence-electron chi connectivity index (χ1n) is 11.7. The molecule has 36 heavy (non-hydrogen) atoms. The van der Waals surface area contributed by atoms with Crippen molar-refractivity contribution in [1.29, 1.82) is 0 Å². The molecule has 0 unspecified atom stereocenters. The summed E-state index contributed by atoms with van der Waals surface area (Å²) in [6, 6.07) is 20.7. The molecule has 0 bridgehead atoms. The molecule has 1 saturated heterocycles. The largest absolute Gasteiger partial charge is 0.378 e. The summed E-state index contributed by atoms with van der Waals surface area (Å²) in [5, 5.41) is 5.69. The van der Waals surface area contributed by atoms with Gasteiger partial charge in [0, 0.05) is 25.0 Å². The lowest BCUT2D eigenvalue weighted by molar-refractivity contribution is 0.0647. The van der Waals surface area contributed by atoms with Crippen LogP contribution in [0.25, 0.3) is 10.8 Å². The second-order valence-corrected chi connectivity index (χ2v) is 8.49. The van der Waals surface area contributed by atoms with Crippen LogP contribution in [0.1, 0.15) is 26.3 Å². The number of hydrogen-bond donors (Lipinski definition) is 2. The van der Waals surface area contributed by atoms with Gasteiger partial charge in [0.05, 0.1) is 24.3 Å². The lowest BCUT2D eigenvalue weighted by Crippen LogP contribution is -2.45. The standard InChI is InChI=1S/C26H23N7O3/c34-22-19-10-4-8-18-9-5-11-20(21(18)19)23(35)33(22)31-25-28-24(27-16-17-6-2-1-3-7-17)29-26(30-25)32-12-14-36-15-13-32/h1-11H,12-16H2,(H2,27,28,29,30,31). The minimum atomic E-state index is -0.462. The summed E-state index contributed by atoms with van der Waals surface area (Å²) < 4.78 is 5.46. The summed E-state index contributed by atoms with van der Waals surface area (Å²) >= 11 is 0. The van der Waals surface area contributed by atoms with Crippen LogP contribution >= 0.6 is 0 Å².